The van der Waals surface area contributed by atoms with Crippen LogP contribution in [0.1, 0.15) is 66.8 Å². The number of hydrogen-bond acceptors (Lipinski definition) is 0. The van der Waals surface area contributed by atoms with E-state index < -0.39 is 202 Å². The van der Waals surface area contributed by atoms with Crippen molar-refractivity contribution in [2.45, 2.75) is 74.1 Å². The third-order valence-electron chi connectivity index (χ3n) is 8.46. The van der Waals surface area contributed by atoms with Crippen molar-refractivity contribution >= 4 is 69.3 Å². The van der Waals surface area contributed by atoms with Crippen molar-refractivity contribution < 1.29 is 158 Å². The fourth-order valence-electron chi connectivity index (χ4n) is 5.33. The van der Waals surface area contributed by atoms with Gasteiger partial charge >= 0.3 is 417 Å². The summed E-state index contributed by atoms with van der Waals surface area (Å²) in [4.78, 5) is 0. The summed E-state index contributed by atoms with van der Waals surface area (Å²) in [6.07, 6.45) is -68.2. The van der Waals surface area contributed by atoms with Crippen LogP contribution in [-0.4, -0.2) is 53.2 Å². The van der Waals surface area contributed by atoms with Crippen LogP contribution in [-0.2, 0) is 74.1 Å². The molecule has 420 valence electrons. The summed E-state index contributed by atoms with van der Waals surface area (Å²) in [6, 6.07) is -5.12. The van der Waals surface area contributed by atoms with E-state index in [2.05, 4.69) is 0 Å². The third kappa shape index (κ3) is 17.6. The summed E-state index contributed by atoms with van der Waals surface area (Å²) in [5.41, 5.74) is -28.4. The van der Waals surface area contributed by atoms with Gasteiger partial charge in [0.1, 0.15) is 0 Å². The Kier molecular flexibility index (Phi) is 19.2. The molecule has 4 aromatic rings. The van der Waals surface area contributed by atoms with E-state index in [1.807, 2.05) is 0 Å². The van der Waals surface area contributed by atoms with Gasteiger partial charge in [0.25, 0.3) is 0 Å². The fourth-order valence-corrected chi connectivity index (χ4v) is 11.5. The Hall–Kier alpha value is -3.80. The Labute approximate surface area is 415 Å². The molecule has 0 aliphatic heterocycles. The number of halogens is 36. The zero-order chi connectivity index (χ0) is 59.6. The zero-order valence-corrected chi connectivity index (χ0v) is 39.8. The van der Waals surface area contributed by atoms with E-state index in [0.29, 0.717) is 0 Å². The van der Waals surface area contributed by atoms with Gasteiger partial charge in [-0.05, 0) is 0 Å². The molecule has 0 amide bonds. The normalized spacial score (nSPS) is 14.0. The second-order valence-electron chi connectivity index (χ2n) is 13.8. The van der Waals surface area contributed by atoms with Crippen LogP contribution in [0, 0.1) is 0 Å². The molecule has 0 nitrogen and oxygen atoms in total. The van der Waals surface area contributed by atoms with Gasteiger partial charge in [0.2, 0.25) is 0 Å². The van der Waals surface area contributed by atoms with E-state index in [1.54, 1.807) is 0 Å². The first-order chi connectivity index (χ1) is 32.6. The predicted octanol–water partition coefficient (Wildman–Crippen LogP) is 14.5. The van der Waals surface area contributed by atoms with Gasteiger partial charge in [-0.1, -0.05) is 0 Å². The maximum absolute atomic E-state index is 13.5. The minimum absolute atomic E-state index is 0.360. The average molecular weight is 1400 g/mol. The first-order valence-electron chi connectivity index (χ1n) is 17.3. The quantitative estimate of drug-likeness (QED) is 0.139. The molecule has 0 heterocycles. The standard InChI is InChI=1S/2C9H2F9Se.2C9H2F9.Sn/c2*10-7(11,12)3-1-4(8(13,14)15)6(19)5(2-3)9(16,17)18;2*10-7(11,12)4-1-5(8(13,14)15)3-6(2-4)9(16,17)18;/h2*1-2H;2*1-2H;. The molecule has 4 radical (unpaired) electrons. The number of benzene rings is 4. The SMILES string of the molecule is FC(F)(F)c1cc(C(F)(F)F)[c]([Sn][c]2c(C(F)(F)F)cc(C(F)(F)F)cc2C(F)(F)F)c(C(F)(F)F)c1.FC(F)(F)c1cc(C(F)(F)F)c([Se])c(C(F)(F)F)c1.FC(F)(F)c1cc(C(F)(F)F)c([Se])c(C(F)(F)F)c1. The summed E-state index contributed by atoms with van der Waals surface area (Å²) < 4.78 is 455. The molecule has 0 spiro atoms. The van der Waals surface area contributed by atoms with Gasteiger partial charge in [-0.2, -0.15) is 0 Å². The van der Waals surface area contributed by atoms with Crippen LogP contribution in [0.25, 0.3) is 0 Å². The second-order valence-corrected chi connectivity index (χ2v) is 19.1. The van der Waals surface area contributed by atoms with Gasteiger partial charge in [0.05, 0.1) is 0 Å². The summed E-state index contributed by atoms with van der Waals surface area (Å²) >= 11 is -1.75. The zero-order valence-electron chi connectivity index (χ0n) is 33.5. The van der Waals surface area contributed by atoms with Gasteiger partial charge in [0, 0.05) is 0 Å². The summed E-state index contributed by atoms with van der Waals surface area (Å²) in [6.45, 7) is 0. The van der Waals surface area contributed by atoms with Crippen LogP contribution in [0.5, 0.6) is 0 Å². The van der Waals surface area contributed by atoms with E-state index in [-0.39, 0.29) is 24.3 Å². The molecule has 0 N–H and O–H groups in total. The molecule has 0 aliphatic carbocycles. The van der Waals surface area contributed by atoms with E-state index in [4.69, 9.17) is 0 Å². The summed E-state index contributed by atoms with van der Waals surface area (Å²) in [7, 11) is 0. The molecule has 0 aliphatic rings. The molecule has 0 bridgehead atoms. The molecule has 0 saturated carbocycles. The number of rotatable bonds is 2. The second kappa shape index (κ2) is 21.4. The minimum atomic E-state index is -6.14. The molecular formula is C36H8F36Se2Sn. The molecule has 0 aromatic heterocycles. The Morgan fingerprint density at radius 1 is 0.200 bits per heavy atom. The Morgan fingerprint density at radius 3 is 0.427 bits per heavy atom. The van der Waals surface area contributed by atoms with Gasteiger partial charge in [0.15, 0.2) is 0 Å². The molecule has 0 atom stereocenters. The molecule has 0 unspecified atom stereocenters. The molecule has 0 saturated heterocycles. The molecule has 4 rings (SSSR count). The Balaban J connectivity index is 0.000000425. The van der Waals surface area contributed by atoms with Crippen molar-refractivity contribution in [1.29, 1.82) is 0 Å². The van der Waals surface area contributed by atoms with E-state index in [1.165, 1.54) is 32.0 Å². The van der Waals surface area contributed by atoms with Gasteiger partial charge < -0.3 is 0 Å². The molecule has 75 heavy (non-hydrogen) atoms. The fraction of sp³-hybridized carbons (Fsp3) is 0.333. The van der Waals surface area contributed by atoms with Crippen molar-refractivity contribution in [3.8, 4) is 0 Å². The summed E-state index contributed by atoms with van der Waals surface area (Å²) in [5, 5.41) is 0. The van der Waals surface area contributed by atoms with E-state index in [0.717, 1.165) is 0 Å². The van der Waals surface area contributed by atoms with Gasteiger partial charge in [-0.3, -0.25) is 0 Å². The van der Waals surface area contributed by atoms with Crippen molar-refractivity contribution in [3.63, 3.8) is 0 Å². The van der Waals surface area contributed by atoms with E-state index >= 15 is 0 Å². The molecule has 4 aromatic carbocycles. The first kappa shape index (κ1) is 67.3. The summed E-state index contributed by atoms with van der Waals surface area (Å²) in [5.74, 6) is 0. The molecular weight excluding hydrogens is 1390 g/mol. The van der Waals surface area contributed by atoms with Crippen LogP contribution in [0.4, 0.5) is 158 Å². The van der Waals surface area contributed by atoms with Crippen LogP contribution in [0.2, 0.25) is 0 Å². The van der Waals surface area contributed by atoms with Gasteiger partial charge in [-0.15, -0.1) is 0 Å². The van der Waals surface area contributed by atoms with Gasteiger partial charge in [-0.25, -0.2) is 0 Å². The number of alkyl halides is 36. The number of hydrogen-bond donors (Lipinski definition) is 0. The molecule has 39 heteroatoms. The topological polar surface area (TPSA) is 0 Å². The van der Waals surface area contributed by atoms with Crippen LogP contribution >= 0.6 is 0 Å². The maximum atomic E-state index is 13.5. The van der Waals surface area contributed by atoms with Crippen LogP contribution in [0.15, 0.2) is 48.5 Å². The van der Waals surface area contributed by atoms with E-state index in [9.17, 15) is 158 Å². The Bertz CT molecular complexity index is 2340. The third-order valence-corrected chi connectivity index (χ3v) is 14.8. The predicted molar refractivity (Wildman–Crippen MR) is 182 cm³/mol. The van der Waals surface area contributed by atoms with Crippen molar-refractivity contribution in [3.05, 3.63) is 115 Å². The molecule has 0 fully saturated rings. The van der Waals surface area contributed by atoms with Crippen molar-refractivity contribution in [2.75, 3.05) is 0 Å². The monoisotopic (exact) mass is 1400 g/mol. The van der Waals surface area contributed by atoms with Crippen LogP contribution < -0.4 is 16.1 Å². The first-order valence-corrected chi connectivity index (χ1v) is 21.9. The van der Waals surface area contributed by atoms with Crippen LogP contribution in [0.3, 0.4) is 0 Å². The average Bonchev–Trinajstić information content (AvgIpc) is 3.13. The Morgan fingerprint density at radius 2 is 0.320 bits per heavy atom. The van der Waals surface area contributed by atoms with Crippen molar-refractivity contribution in [1.82, 2.24) is 0 Å². The van der Waals surface area contributed by atoms with Crippen molar-refractivity contribution in [2.24, 2.45) is 0 Å².